The molecule has 1 saturated heterocycles. The zero-order valence-corrected chi connectivity index (χ0v) is 15.2. The van der Waals surface area contributed by atoms with E-state index in [1.807, 2.05) is 11.9 Å². The van der Waals surface area contributed by atoms with E-state index in [4.69, 9.17) is 4.42 Å². The molecular formula is C18H21NO6S. The number of fused-ring (bicyclic) bond motifs is 1. The molecule has 0 radical (unpaired) electrons. The number of aryl methyl sites for hydroxylation is 1. The highest BCUT2D eigenvalue weighted by atomic mass is 32.1. The van der Waals surface area contributed by atoms with Crippen LogP contribution in [0.1, 0.15) is 30.1 Å². The SMILES string of the molecule is CN1CCC(c2c(O)cc(O)c3c(=O)cc(CCC(=O)S)oc23)C(O)C1. The highest BCUT2D eigenvalue weighted by molar-refractivity contribution is 7.96. The molecular weight excluding hydrogens is 358 g/mol. The minimum Gasteiger partial charge on any atom is -0.507 e. The molecule has 1 aromatic heterocycles. The smallest absolute Gasteiger partial charge is 0.196 e. The van der Waals surface area contributed by atoms with E-state index in [0.717, 1.165) is 6.07 Å². The van der Waals surface area contributed by atoms with Gasteiger partial charge in [-0.25, -0.2) is 0 Å². The molecule has 3 rings (SSSR count). The molecule has 2 aromatic rings. The number of aliphatic hydroxyl groups is 1. The summed E-state index contributed by atoms with van der Waals surface area (Å²) >= 11 is 3.71. The van der Waals surface area contributed by atoms with Gasteiger partial charge in [0.25, 0.3) is 0 Å². The quantitative estimate of drug-likeness (QED) is 0.594. The molecule has 1 aliphatic heterocycles. The number of phenolic OH excluding ortho intramolecular Hbond substituents is 2. The minimum atomic E-state index is -0.750. The Balaban J connectivity index is 2.18. The third-order valence-electron chi connectivity index (χ3n) is 4.79. The summed E-state index contributed by atoms with van der Waals surface area (Å²) in [7, 11) is 1.89. The van der Waals surface area contributed by atoms with Crippen LogP contribution in [0.5, 0.6) is 11.5 Å². The van der Waals surface area contributed by atoms with Crippen molar-refractivity contribution in [3.05, 3.63) is 33.7 Å². The van der Waals surface area contributed by atoms with E-state index in [0.29, 0.717) is 25.1 Å². The highest BCUT2D eigenvalue weighted by Crippen LogP contribution is 2.41. The van der Waals surface area contributed by atoms with Crippen LogP contribution in [-0.4, -0.2) is 51.6 Å². The molecule has 2 unspecified atom stereocenters. The van der Waals surface area contributed by atoms with Crippen molar-refractivity contribution in [3.8, 4) is 11.5 Å². The molecule has 1 aliphatic rings. The zero-order valence-electron chi connectivity index (χ0n) is 14.3. The fraction of sp³-hybridized carbons (Fsp3) is 0.444. The molecule has 0 bridgehead atoms. The van der Waals surface area contributed by atoms with Gasteiger partial charge in [-0.05, 0) is 20.0 Å². The second-order valence-corrected chi connectivity index (χ2v) is 7.23. The predicted octanol–water partition coefficient (Wildman–Crippen LogP) is 1.37. The number of aliphatic hydroxyl groups excluding tert-OH is 1. The first-order valence-electron chi connectivity index (χ1n) is 8.38. The van der Waals surface area contributed by atoms with Crippen molar-refractivity contribution in [2.24, 2.45) is 0 Å². The van der Waals surface area contributed by atoms with Crippen molar-refractivity contribution >= 4 is 28.7 Å². The standard InChI is InChI=1S/C18H21NO6S/c1-19-5-4-10(14(23)8-19)16-12(21)7-13(22)17-11(20)6-9(25-18(16)17)2-3-15(24)26/h6-7,10,14,21-23H,2-5,8H2,1H3,(H,24,26). The first kappa shape index (κ1) is 18.8. The van der Waals surface area contributed by atoms with Crippen LogP contribution in [0.2, 0.25) is 0 Å². The third-order valence-corrected chi connectivity index (χ3v) is 5.01. The monoisotopic (exact) mass is 379 g/mol. The number of piperidine rings is 1. The number of hydrogen-bond donors (Lipinski definition) is 4. The number of nitrogens with zero attached hydrogens (tertiary/aromatic N) is 1. The Labute approximate surface area is 155 Å². The Bertz CT molecular complexity index is 909. The molecule has 0 amide bonds. The maximum absolute atomic E-state index is 12.5. The number of likely N-dealkylation sites (tertiary alicyclic amines) is 1. The van der Waals surface area contributed by atoms with E-state index in [2.05, 4.69) is 12.6 Å². The average Bonchev–Trinajstić information content (AvgIpc) is 2.54. The van der Waals surface area contributed by atoms with E-state index in [1.165, 1.54) is 6.07 Å². The van der Waals surface area contributed by atoms with Gasteiger partial charge in [0, 0.05) is 43.0 Å². The van der Waals surface area contributed by atoms with E-state index in [1.54, 1.807) is 0 Å². The summed E-state index contributed by atoms with van der Waals surface area (Å²) in [5.74, 6) is -0.777. The number of aromatic hydroxyl groups is 2. The molecule has 3 N–H and O–H groups in total. The Kier molecular flexibility index (Phi) is 5.27. The molecule has 2 heterocycles. The number of hydrogen-bond acceptors (Lipinski definition) is 7. The van der Waals surface area contributed by atoms with Crippen LogP contribution in [-0.2, 0) is 11.2 Å². The first-order valence-corrected chi connectivity index (χ1v) is 8.82. The Morgan fingerprint density at radius 2 is 2.08 bits per heavy atom. The molecule has 1 fully saturated rings. The summed E-state index contributed by atoms with van der Waals surface area (Å²) in [5, 5.41) is 30.6. The van der Waals surface area contributed by atoms with Crippen LogP contribution in [0.4, 0.5) is 0 Å². The lowest BCUT2D eigenvalue weighted by Crippen LogP contribution is -2.40. The van der Waals surface area contributed by atoms with Gasteiger partial charge in [-0.2, -0.15) is 0 Å². The van der Waals surface area contributed by atoms with Gasteiger partial charge in [0.2, 0.25) is 0 Å². The fourth-order valence-electron chi connectivity index (χ4n) is 3.51. The Morgan fingerprint density at radius 1 is 1.35 bits per heavy atom. The van der Waals surface area contributed by atoms with Gasteiger partial charge in [-0.3, -0.25) is 9.59 Å². The lowest BCUT2D eigenvalue weighted by atomic mass is 9.85. The number of benzene rings is 1. The molecule has 26 heavy (non-hydrogen) atoms. The fourth-order valence-corrected chi connectivity index (χ4v) is 3.62. The number of phenols is 2. The van der Waals surface area contributed by atoms with Crippen LogP contribution in [0.25, 0.3) is 11.0 Å². The molecule has 7 nitrogen and oxygen atoms in total. The predicted molar refractivity (Wildman–Crippen MR) is 99.0 cm³/mol. The van der Waals surface area contributed by atoms with Crippen molar-refractivity contribution in [2.45, 2.75) is 31.3 Å². The van der Waals surface area contributed by atoms with Gasteiger partial charge in [0.1, 0.15) is 28.2 Å². The van der Waals surface area contributed by atoms with Crippen molar-refractivity contribution in [1.82, 2.24) is 4.90 Å². The highest BCUT2D eigenvalue weighted by Gasteiger charge is 2.32. The van der Waals surface area contributed by atoms with Crippen molar-refractivity contribution in [2.75, 3.05) is 20.1 Å². The van der Waals surface area contributed by atoms with Crippen LogP contribution in [0.3, 0.4) is 0 Å². The van der Waals surface area contributed by atoms with Crippen molar-refractivity contribution in [1.29, 1.82) is 0 Å². The molecule has 0 aliphatic carbocycles. The van der Waals surface area contributed by atoms with E-state index in [9.17, 15) is 24.9 Å². The molecule has 8 heteroatoms. The van der Waals surface area contributed by atoms with Gasteiger partial charge in [-0.15, -0.1) is 12.6 Å². The maximum atomic E-state index is 12.5. The maximum Gasteiger partial charge on any atom is 0.196 e. The Morgan fingerprint density at radius 3 is 2.73 bits per heavy atom. The van der Waals surface area contributed by atoms with Crippen molar-refractivity contribution in [3.63, 3.8) is 0 Å². The van der Waals surface area contributed by atoms with Gasteiger partial charge in [0.05, 0.1) is 6.10 Å². The number of likely N-dealkylation sites (N-methyl/N-ethyl adjacent to an activating group) is 1. The number of carbonyl (C=O) groups excluding carboxylic acids is 1. The largest absolute Gasteiger partial charge is 0.507 e. The zero-order chi connectivity index (χ0) is 19.0. The summed E-state index contributed by atoms with van der Waals surface area (Å²) in [4.78, 5) is 25.5. The molecule has 0 spiro atoms. The van der Waals surface area contributed by atoms with E-state index in [-0.39, 0.29) is 46.2 Å². The van der Waals surface area contributed by atoms with E-state index >= 15 is 0 Å². The van der Waals surface area contributed by atoms with Gasteiger partial charge in [0.15, 0.2) is 10.5 Å². The van der Waals surface area contributed by atoms with Crippen LogP contribution in [0, 0.1) is 0 Å². The van der Waals surface area contributed by atoms with E-state index < -0.39 is 17.5 Å². The molecule has 0 saturated carbocycles. The van der Waals surface area contributed by atoms with Crippen LogP contribution in [0.15, 0.2) is 21.3 Å². The topological polar surface area (TPSA) is 111 Å². The summed E-state index contributed by atoms with van der Waals surface area (Å²) < 4.78 is 5.78. The van der Waals surface area contributed by atoms with Crippen molar-refractivity contribution < 1.29 is 24.5 Å². The Hall–Kier alpha value is -2.03. The molecule has 2 atom stereocenters. The van der Waals surface area contributed by atoms with Gasteiger partial charge in [-0.1, -0.05) is 0 Å². The second-order valence-electron chi connectivity index (χ2n) is 6.73. The average molecular weight is 379 g/mol. The van der Waals surface area contributed by atoms with Crippen LogP contribution >= 0.6 is 12.6 Å². The lowest BCUT2D eigenvalue weighted by Gasteiger charge is -2.34. The first-order chi connectivity index (χ1) is 12.3. The van der Waals surface area contributed by atoms with Gasteiger partial charge >= 0.3 is 0 Å². The summed E-state index contributed by atoms with van der Waals surface area (Å²) in [6, 6.07) is 2.33. The normalized spacial score (nSPS) is 21.2. The molecule has 1 aromatic carbocycles. The third kappa shape index (κ3) is 3.58. The number of thiol groups is 1. The number of β-amino-alcohol motifs (C(OH)–C–C–N with tert-alkyl or cyclic N) is 1. The lowest BCUT2D eigenvalue weighted by molar-refractivity contribution is -0.110. The summed E-state index contributed by atoms with van der Waals surface area (Å²) in [6.07, 6.45) is 0.0857. The minimum absolute atomic E-state index is 0.0371. The number of carbonyl (C=O) groups is 1. The molecule has 140 valence electrons. The summed E-state index contributed by atoms with van der Waals surface area (Å²) in [5.41, 5.74) is -0.0891. The van der Waals surface area contributed by atoms with Crippen LogP contribution < -0.4 is 5.43 Å². The summed E-state index contributed by atoms with van der Waals surface area (Å²) in [6.45, 7) is 1.13. The van der Waals surface area contributed by atoms with Gasteiger partial charge < -0.3 is 24.6 Å². The second kappa shape index (κ2) is 7.30. The number of rotatable bonds is 4.